The Hall–Kier alpha value is -1.56. The lowest BCUT2D eigenvalue weighted by molar-refractivity contribution is -0.136. The minimum absolute atomic E-state index is 0.0899. The van der Waals surface area contributed by atoms with Crippen LogP contribution in [0, 0.1) is 6.92 Å². The summed E-state index contributed by atoms with van der Waals surface area (Å²) < 4.78 is 39.4. The quantitative estimate of drug-likeness (QED) is 0.813. The van der Waals surface area contributed by atoms with Crippen molar-refractivity contribution in [3.05, 3.63) is 35.3 Å². The Bertz CT molecular complexity index is 528. The third-order valence-corrected chi connectivity index (χ3v) is 2.45. The molecule has 0 unspecified atom stereocenters. The fourth-order valence-electron chi connectivity index (χ4n) is 1.70. The lowest BCUT2D eigenvalue weighted by Gasteiger charge is -2.08. The van der Waals surface area contributed by atoms with Gasteiger partial charge in [-0.05, 0) is 19.1 Å². The molecule has 2 aromatic rings. The number of aromatic nitrogens is 2. The minimum atomic E-state index is -4.40. The van der Waals surface area contributed by atoms with Gasteiger partial charge in [0.2, 0.25) is 0 Å². The van der Waals surface area contributed by atoms with Gasteiger partial charge in [-0.3, -0.25) is 0 Å². The first-order valence-electron chi connectivity index (χ1n) is 4.69. The number of aryl methyl sites for hydroxylation is 1. The highest BCUT2D eigenvalue weighted by atomic mass is 19.4. The van der Waals surface area contributed by atoms with Gasteiger partial charge in [0.15, 0.2) is 0 Å². The molecule has 0 amide bonds. The Kier molecular flexibility index (Phi) is 2.38. The van der Waals surface area contributed by atoms with Crippen molar-refractivity contribution >= 4 is 5.65 Å². The van der Waals surface area contributed by atoms with Gasteiger partial charge in [-0.25, -0.2) is 4.98 Å². The van der Waals surface area contributed by atoms with E-state index in [0.717, 1.165) is 6.07 Å². The highest BCUT2D eigenvalue weighted by Gasteiger charge is 2.34. The Labute approximate surface area is 89.7 Å². The van der Waals surface area contributed by atoms with Gasteiger partial charge in [0.1, 0.15) is 5.65 Å². The van der Waals surface area contributed by atoms with E-state index in [1.807, 2.05) is 0 Å². The third-order valence-electron chi connectivity index (χ3n) is 2.45. The SMILES string of the molecule is Cc1nc2c(C(F)(F)F)cccn2c1CN. The molecule has 2 heterocycles. The monoisotopic (exact) mass is 229 g/mol. The predicted octanol–water partition coefficient (Wildman–Crippen LogP) is 2.12. The van der Waals surface area contributed by atoms with Crippen LogP contribution < -0.4 is 5.73 Å². The van der Waals surface area contributed by atoms with Gasteiger partial charge in [-0.15, -0.1) is 0 Å². The van der Waals surface area contributed by atoms with E-state index in [1.165, 1.54) is 16.7 Å². The molecule has 0 atom stereocenters. The molecule has 16 heavy (non-hydrogen) atoms. The van der Waals surface area contributed by atoms with E-state index in [4.69, 9.17) is 5.73 Å². The molecular weight excluding hydrogens is 219 g/mol. The maximum absolute atomic E-state index is 12.7. The van der Waals surface area contributed by atoms with Crippen LogP contribution in [0.2, 0.25) is 0 Å². The predicted molar refractivity (Wildman–Crippen MR) is 52.8 cm³/mol. The van der Waals surface area contributed by atoms with E-state index < -0.39 is 11.7 Å². The van der Waals surface area contributed by atoms with E-state index in [0.29, 0.717) is 11.4 Å². The molecule has 0 bridgehead atoms. The second-order valence-electron chi connectivity index (χ2n) is 3.46. The highest BCUT2D eigenvalue weighted by Crippen LogP contribution is 2.32. The van der Waals surface area contributed by atoms with Crippen molar-refractivity contribution in [2.24, 2.45) is 5.73 Å². The van der Waals surface area contributed by atoms with Crippen molar-refractivity contribution in [2.45, 2.75) is 19.6 Å². The minimum Gasteiger partial charge on any atom is -0.325 e. The number of fused-ring (bicyclic) bond motifs is 1. The smallest absolute Gasteiger partial charge is 0.325 e. The molecule has 0 saturated heterocycles. The lowest BCUT2D eigenvalue weighted by Crippen LogP contribution is -2.08. The largest absolute Gasteiger partial charge is 0.419 e. The second kappa shape index (κ2) is 3.48. The van der Waals surface area contributed by atoms with Gasteiger partial charge in [-0.2, -0.15) is 13.2 Å². The van der Waals surface area contributed by atoms with Crippen molar-refractivity contribution in [1.29, 1.82) is 0 Å². The lowest BCUT2D eigenvalue weighted by atomic mass is 10.2. The van der Waals surface area contributed by atoms with Gasteiger partial charge in [0.05, 0.1) is 17.0 Å². The molecule has 2 aromatic heterocycles. The van der Waals surface area contributed by atoms with Gasteiger partial charge in [0, 0.05) is 12.7 Å². The van der Waals surface area contributed by atoms with Gasteiger partial charge < -0.3 is 10.1 Å². The summed E-state index contributed by atoms with van der Waals surface area (Å²) in [5.41, 5.74) is 5.78. The Balaban J connectivity index is 2.80. The molecule has 2 N–H and O–H groups in total. The van der Waals surface area contributed by atoms with Crippen molar-refractivity contribution in [2.75, 3.05) is 0 Å². The molecular formula is C10H10F3N3. The maximum Gasteiger partial charge on any atom is 0.419 e. The molecule has 3 nitrogen and oxygen atoms in total. The average molecular weight is 229 g/mol. The average Bonchev–Trinajstić information content (AvgIpc) is 2.50. The Morgan fingerprint density at radius 3 is 2.69 bits per heavy atom. The van der Waals surface area contributed by atoms with Crippen LogP contribution in [0.25, 0.3) is 5.65 Å². The van der Waals surface area contributed by atoms with Crippen LogP contribution in [-0.4, -0.2) is 9.38 Å². The normalized spacial score (nSPS) is 12.3. The number of pyridine rings is 1. The van der Waals surface area contributed by atoms with E-state index in [-0.39, 0.29) is 12.2 Å². The zero-order chi connectivity index (χ0) is 11.9. The third kappa shape index (κ3) is 1.55. The van der Waals surface area contributed by atoms with E-state index in [1.54, 1.807) is 6.92 Å². The molecule has 0 aliphatic carbocycles. The van der Waals surface area contributed by atoms with Crippen molar-refractivity contribution in [3.8, 4) is 0 Å². The summed E-state index contributed by atoms with van der Waals surface area (Å²) in [7, 11) is 0. The molecule has 86 valence electrons. The van der Waals surface area contributed by atoms with Crippen LogP contribution >= 0.6 is 0 Å². The number of nitrogens with two attached hydrogens (primary N) is 1. The number of hydrogen-bond acceptors (Lipinski definition) is 2. The van der Waals surface area contributed by atoms with Crippen LogP contribution in [0.5, 0.6) is 0 Å². The molecule has 0 aliphatic rings. The Morgan fingerprint density at radius 2 is 2.12 bits per heavy atom. The molecule has 0 spiro atoms. The van der Waals surface area contributed by atoms with E-state index in [2.05, 4.69) is 4.98 Å². The molecule has 0 aliphatic heterocycles. The maximum atomic E-state index is 12.7. The summed E-state index contributed by atoms with van der Waals surface area (Å²) in [6.07, 6.45) is -2.86. The van der Waals surface area contributed by atoms with E-state index in [9.17, 15) is 13.2 Å². The zero-order valence-electron chi connectivity index (χ0n) is 8.54. The number of rotatable bonds is 1. The summed E-state index contributed by atoms with van der Waals surface area (Å²) in [4.78, 5) is 3.91. The molecule has 0 saturated carbocycles. The molecule has 0 fully saturated rings. The zero-order valence-corrected chi connectivity index (χ0v) is 8.54. The highest BCUT2D eigenvalue weighted by molar-refractivity contribution is 5.52. The van der Waals surface area contributed by atoms with Crippen molar-refractivity contribution in [3.63, 3.8) is 0 Å². The molecule has 0 radical (unpaired) electrons. The number of nitrogens with zero attached hydrogens (tertiary/aromatic N) is 2. The van der Waals surface area contributed by atoms with Crippen LogP contribution in [0.3, 0.4) is 0 Å². The van der Waals surface area contributed by atoms with Gasteiger partial charge >= 0.3 is 6.18 Å². The van der Waals surface area contributed by atoms with Gasteiger partial charge in [0.25, 0.3) is 0 Å². The van der Waals surface area contributed by atoms with Gasteiger partial charge in [-0.1, -0.05) is 0 Å². The molecule has 6 heteroatoms. The first-order valence-corrected chi connectivity index (χ1v) is 4.69. The summed E-state index contributed by atoms with van der Waals surface area (Å²) in [5.74, 6) is 0. The topological polar surface area (TPSA) is 43.3 Å². The van der Waals surface area contributed by atoms with Crippen LogP contribution in [0.4, 0.5) is 13.2 Å². The second-order valence-corrected chi connectivity index (χ2v) is 3.46. The number of hydrogen-bond donors (Lipinski definition) is 1. The summed E-state index contributed by atoms with van der Waals surface area (Å²) >= 11 is 0. The van der Waals surface area contributed by atoms with Crippen molar-refractivity contribution in [1.82, 2.24) is 9.38 Å². The fraction of sp³-hybridized carbons (Fsp3) is 0.300. The molecule has 2 rings (SSSR count). The summed E-state index contributed by atoms with van der Waals surface area (Å²) in [6.45, 7) is 1.81. The summed E-state index contributed by atoms with van der Waals surface area (Å²) in [5, 5.41) is 0. The van der Waals surface area contributed by atoms with E-state index >= 15 is 0 Å². The van der Waals surface area contributed by atoms with Crippen molar-refractivity contribution < 1.29 is 13.2 Å². The Morgan fingerprint density at radius 1 is 1.44 bits per heavy atom. The summed E-state index contributed by atoms with van der Waals surface area (Å²) in [6, 6.07) is 2.36. The number of alkyl halides is 3. The van der Waals surface area contributed by atoms with Crippen LogP contribution in [0.15, 0.2) is 18.3 Å². The first-order chi connectivity index (χ1) is 7.45. The first kappa shape index (κ1) is 10.9. The fourth-order valence-corrected chi connectivity index (χ4v) is 1.70. The number of imidazole rings is 1. The number of halogens is 3. The standard InChI is InChI=1S/C10H10F3N3/c1-6-8(5-14)16-4-2-3-7(9(16)15-6)10(11,12)13/h2-4H,5,14H2,1H3. The van der Waals surface area contributed by atoms with Crippen LogP contribution in [-0.2, 0) is 12.7 Å². The van der Waals surface area contributed by atoms with Crippen LogP contribution in [0.1, 0.15) is 17.0 Å². The molecule has 0 aromatic carbocycles.